The van der Waals surface area contributed by atoms with E-state index in [2.05, 4.69) is 24.0 Å². The third-order valence-electron chi connectivity index (χ3n) is 3.30. The molecule has 0 aliphatic rings. The Morgan fingerprint density at radius 1 is 1.35 bits per heavy atom. The predicted molar refractivity (Wildman–Crippen MR) is 92.5 cm³/mol. The lowest BCUT2D eigenvalue weighted by Gasteiger charge is -2.10. The Hall–Kier alpha value is -1.92. The van der Waals surface area contributed by atoms with Gasteiger partial charge in [-0.05, 0) is 58.1 Å². The van der Waals surface area contributed by atoms with Crippen molar-refractivity contribution in [3.63, 3.8) is 0 Å². The van der Waals surface area contributed by atoms with Crippen LogP contribution in [0.1, 0.15) is 28.3 Å². The first-order valence-electron chi connectivity index (χ1n) is 7.56. The molecule has 0 saturated heterocycles. The largest absolute Gasteiger partial charge is 0.494 e. The van der Waals surface area contributed by atoms with Crippen LogP contribution in [0.2, 0.25) is 0 Å². The zero-order valence-electron chi connectivity index (χ0n) is 13.7. The van der Waals surface area contributed by atoms with E-state index in [1.165, 1.54) is 11.3 Å². The van der Waals surface area contributed by atoms with E-state index in [-0.39, 0.29) is 5.69 Å². The molecule has 0 atom stereocenters. The Morgan fingerprint density at radius 3 is 2.83 bits per heavy atom. The first kappa shape index (κ1) is 17.4. The quantitative estimate of drug-likeness (QED) is 0.748. The van der Waals surface area contributed by atoms with Crippen LogP contribution < -0.4 is 4.74 Å². The van der Waals surface area contributed by atoms with E-state index in [0.29, 0.717) is 11.5 Å². The average molecular weight is 334 g/mol. The number of hydrogen-bond acceptors (Lipinski definition) is 5. The standard InChI is InChI=1S/C17H22N2O3S/c1-12-18-15(17(20)21)16(23-12)13-7-6-8-14(11-13)22-10-5-4-9-19(2)3/h6-8,11H,4-5,9-10H2,1-3H3,(H,20,21). The van der Waals surface area contributed by atoms with E-state index in [4.69, 9.17) is 4.74 Å². The number of rotatable bonds is 8. The number of thiazole rings is 1. The predicted octanol–water partition coefficient (Wildman–Crippen LogP) is 3.54. The number of unbranched alkanes of at least 4 members (excludes halogenated alkanes) is 1. The number of hydrogen-bond donors (Lipinski definition) is 1. The van der Waals surface area contributed by atoms with Crippen molar-refractivity contribution in [3.8, 4) is 16.2 Å². The van der Waals surface area contributed by atoms with Gasteiger partial charge in [0.25, 0.3) is 0 Å². The highest BCUT2D eigenvalue weighted by atomic mass is 32.1. The first-order chi connectivity index (χ1) is 11.0. The van der Waals surface area contributed by atoms with Crippen molar-refractivity contribution < 1.29 is 14.6 Å². The van der Waals surface area contributed by atoms with Gasteiger partial charge >= 0.3 is 5.97 Å². The summed E-state index contributed by atoms with van der Waals surface area (Å²) >= 11 is 1.39. The van der Waals surface area contributed by atoms with Crippen LogP contribution in [0.3, 0.4) is 0 Å². The molecule has 1 N–H and O–H groups in total. The normalized spacial score (nSPS) is 11.0. The van der Waals surface area contributed by atoms with Crippen molar-refractivity contribution in [1.29, 1.82) is 0 Å². The van der Waals surface area contributed by atoms with Gasteiger partial charge in [-0.15, -0.1) is 11.3 Å². The van der Waals surface area contributed by atoms with Gasteiger partial charge in [0, 0.05) is 0 Å². The molecule has 2 aromatic rings. The lowest BCUT2D eigenvalue weighted by Crippen LogP contribution is -2.13. The van der Waals surface area contributed by atoms with E-state index in [1.807, 2.05) is 31.2 Å². The summed E-state index contributed by atoms with van der Waals surface area (Å²) in [6.45, 7) is 3.52. The number of nitrogens with zero attached hydrogens (tertiary/aromatic N) is 2. The van der Waals surface area contributed by atoms with E-state index in [9.17, 15) is 9.90 Å². The van der Waals surface area contributed by atoms with Crippen LogP contribution >= 0.6 is 11.3 Å². The van der Waals surface area contributed by atoms with Crippen molar-refractivity contribution in [2.24, 2.45) is 0 Å². The second kappa shape index (κ2) is 8.08. The summed E-state index contributed by atoms with van der Waals surface area (Å²) in [5, 5.41) is 10.0. The molecule has 0 spiro atoms. The van der Waals surface area contributed by atoms with Crippen LogP contribution in [0.15, 0.2) is 24.3 Å². The van der Waals surface area contributed by atoms with E-state index >= 15 is 0 Å². The summed E-state index contributed by atoms with van der Waals surface area (Å²) in [6.07, 6.45) is 2.08. The van der Waals surface area contributed by atoms with E-state index in [0.717, 1.165) is 35.7 Å². The maximum Gasteiger partial charge on any atom is 0.356 e. The smallest absolute Gasteiger partial charge is 0.356 e. The molecule has 1 aromatic carbocycles. The van der Waals surface area contributed by atoms with Gasteiger partial charge in [0.1, 0.15) is 5.75 Å². The fourth-order valence-electron chi connectivity index (χ4n) is 2.21. The molecule has 23 heavy (non-hydrogen) atoms. The summed E-state index contributed by atoms with van der Waals surface area (Å²) in [4.78, 5) is 18.2. The molecule has 5 nitrogen and oxygen atoms in total. The van der Waals surface area contributed by atoms with Crippen molar-refractivity contribution in [3.05, 3.63) is 35.0 Å². The summed E-state index contributed by atoms with van der Waals surface area (Å²) in [7, 11) is 4.11. The number of carbonyl (C=O) groups is 1. The Morgan fingerprint density at radius 2 is 2.13 bits per heavy atom. The van der Waals surface area contributed by atoms with Gasteiger partial charge in [0.15, 0.2) is 5.69 Å². The molecule has 124 valence electrons. The Kier molecular flexibility index (Phi) is 6.12. The van der Waals surface area contributed by atoms with Crippen LogP contribution in [0.4, 0.5) is 0 Å². The Bertz CT molecular complexity index is 668. The molecule has 0 bridgehead atoms. The maximum atomic E-state index is 11.3. The first-order valence-corrected chi connectivity index (χ1v) is 8.37. The molecule has 0 aliphatic carbocycles. The number of carboxylic acid groups (broad SMARTS) is 1. The van der Waals surface area contributed by atoms with Crippen molar-refractivity contribution >= 4 is 17.3 Å². The summed E-state index contributed by atoms with van der Waals surface area (Å²) in [5.74, 6) is -0.242. The minimum absolute atomic E-state index is 0.107. The Balaban J connectivity index is 2.04. The van der Waals surface area contributed by atoms with Gasteiger partial charge in [0.2, 0.25) is 0 Å². The zero-order chi connectivity index (χ0) is 16.8. The molecule has 0 amide bonds. The van der Waals surface area contributed by atoms with Crippen molar-refractivity contribution in [2.75, 3.05) is 27.2 Å². The number of aromatic carboxylic acids is 1. The van der Waals surface area contributed by atoms with E-state index < -0.39 is 5.97 Å². The minimum Gasteiger partial charge on any atom is -0.494 e. The Labute approximate surface area is 140 Å². The molecule has 0 unspecified atom stereocenters. The maximum absolute atomic E-state index is 11.3. The highest BCUT2D eigenvalue weighted by Crippen LogP contribution is 2.32. The minimum atomic E-state index is -1.00. The molecule has 6 heteroatoms. The van der Waals surface area contributed by atoms with Gasteiger partial charge < -0.3 is 14.7 Å². The number of carboxylic acids is 1. The second-order valence-electron chi connectivity index (χ2n) is 5.60. The fraction of sp³-hybridized carbons (Fsp3) is 0.412. The van der Waals surface area contributed by atoms with Gasteiger partial charge in [-0.1, -0.05) is 12.1 Å². The van der Waals surface area contributed by atoms with Gasteiger partial charge in [-0.3, -0.25) is 0 Å². The molecular formula is C17H22N2O3S. The summed E-state index contributed by atoms with van der Waals surface area (Å²) in [5.41, 5.74) is 0.939. The van der Waals surface area contributed by atoms with Gasteiger partial charge in [-0.2, -0.15) is 0 Å². The highest BCUT2D eigenvalue weighted by molar-refractivity contribution is 7.15. The number of ether oxygens (including phenoxy) is 1. The lowest BCUT2D eigenvalue weighted by atomic mass is 10.1. The monoisotopic (exact) mass is 334 g/mol. The molecule has 1 heterocycles. The number of aromatic nitrogens is 1. The molecule has 2 rings (SSSR count). The molecule has 1 aromatic heterocycles. The van der Waals surface area contributed by atoms with E-state index in [1.54, 1.807) is 0 Å². The van der Waals surface area contributed by atoms with Crippen molar-refractivity contribution in [2.45, 2.75) is 19.8 Å². The van der Waals surface area contributed by atoms with Crippen molar-refractivity contribution in [1.82, 2.24) is 9.88 Å². The molecule has 0 fully saturated rings. The second-order valence-corrected chi connectivity index (χ2v) is 6.81. The fourth-order valence-corrected chi connectivity index (χ4v) is 3.12. The van der Waals surface area contributed by atoms with Gasteiger partial charge in [0.05, 0.1) is 16.5 Å². The summed E-state index contributed by atoms with van der Waals surface area (Å²) < 4.78 is 5.78. The van der Waals surface area contributed by atoms with Gasteiger partial charge in [-0.25, -0.2) is 9.78 Å². The van der Waals surface area contributed by atoms with Crippen LogP contribution in [0.25, 0.3) is 10.4 Å². The third kappa shape index (κ3) is 5.04. The third-order valence-corrected chi connectivity index (χ3v) is 4.32. The zero-order valence-corrected chi connectivity index (χ0v) is 14.5. The molecule has 0 saturated carbocycles. The van der Waals surface area contributed by atoms with Crippen LogP contribution in [-0.2, 0) is 0 Å². The summed E-state index contributed by atoms with van der Waals surface area (Å²) in [6, 6.07) is 7.54. The SMILES string of the molecule is Cc1nc(C(=O)O)c(-c2cccc(OCCCCN(C)C)c2)s1. The van der Waals surface area contributed by atoms with Crippen LogP contribution in [0.5, 0.6) is 5.75 Å². The molecule has 0 radical (unpaired) electrons. The number of benzene rings is 1. The highest BCUT2D eigenvalue weighted by Gasteiger charge is 2.17. The van der Waals surface area contributed by atoms with Crippen LogP contribution in [0, 0.1) is 6.92 Å². The average Bonchev–Trinajstić information content (AvgIpc) is 2.89. The number of aryl methyl sites for hydroxylation is 1. The lowest BCUT2D eigenvalue weighted by molar-refractivity contribution is 0.0692. The molecule has 0 aliphatic heterocycles. The van der Waals surface area contributed by atoms with Crippen LogP contribution in [-0.4, -0.2) is 48.2 Å². The topological polar surface area (TPSA) is 62.7 Å². The molecular weight excluding hydrogens is 312 g/mol.